The molecule has 2 nitrogen and oxygen atoms in total. The Morgan fingerprint density at radius 1 is 1.38 bits per heavy atom. The van der Waals surface area contributed by atoms with Crippen LogP contribution in [0.3, 0.4) is 0 Å². The molecule has 1 unspecified atom stereocenters. The van der Waals surface area contributed by atoms with Crippen LogP contribution in [0.1, 0.15) is 36.4 Å². The summed E-state index contributed by atoms with van der Waals surface area (Å²) < 4.78 is 5.35. The summed E-state index contributed by atoms with van der Waals surface area (Å²) in [6, 6.07) is 4.37. The van der Waals surface area contributed by atoms with Gasteiger partial charge in [0.2, 0.25) is 0 Å². The van der Waals surface area contributed by atoms with Crippen LogP contribution in [0.4, 0.5) is 0 Å². The van der Waals surface area contributed by atoms with Crippen molar-refractivity contribution in [3.8, 4) is 5.75 Å². The summed E-state index contributed by atoms with van der Waals surface area (Å²) in [4.78, 5) is 0. The molecule has 2 rings (SSSR count). The van der Waals surface area contributed by atoms with Crippen molar-refractivity contribution in [1.82, 2.24) is 5.32 Å². The van der Waals surface area contributed by atoms with Crippen LogP contribution in [0.5, 0.6) is 5.75 Å². The molecule has 1 N–H and O–H groups in total. The van der Waals surface area contributed by atoms with Crippen molar-refractivity contribution >= 4 is 11.6 Å². The zero-order valence-electron chi connectivity index (χ0n) is 9.85. The third-order valence-electron chi connectivity index (χ3n) is 3.27. The van der Waals surface area contributed by atoms with E-state index in [0.29, 0.717) is 6.04 Å². The number of hydrogen-bond acceptors (Lipinski definition) is 2. The first-order chi connectivity index (χ1) is 7.72. The Morgan fingerprint density at radius 2 is 2.19 bits per heavy atom. The molecule has 1 aliphatic heterocycles. The Morgan fingerprint density at radius 3 is 2.81 bits per heavy atom. The van der Waals surface area contributed by atoms with Gasteiger partial charge in [0.25, 0.3) is 0 Å². The minimum atomic E-state index is 0.432. The van der Waals surface area contributed by atoms with Crippen molar-refractivity contribution < 1.29 is 4.74 Å². The number of rotatable bonds is 2. The fourth-order valence-corrected chi connectivity index (χ4v) is 2.58. The molecular formula is C13H18ClNO. The van der Waals surface area contributed by atoms with Crippen molar-refractivity contribution in [3.05, 3.63) is 28.3 Å². The average Bonchev–Trinajstić information content (AvgIpc) is 2.33. The number of methoxy groups -OCH3 is 1. The molecule has 1 aromatic carbocycles. The van der Waals surface area contributed by atoms with E-state index < -0.39 is 0 Å². The van der Waals surface area contributed by atoms with Gasteiger partial charge in [0.15, 0.2) is 0 Å². The number of nitrogens with one attached hydrogen (secondary N) is 1. The third-order valence-corrected chi connectivity index (χ3v) is 3.49. The summed E-state index contributed by atoms with van der Waals surface area (Å²) in [6.07, 6.45) is 3.74. The van der Waals surface area contributed by atoms with Gasteiger partial charge >= 0.3 is 0 Å². The maximum absolute atomic E-state index is 6.11. The summed E-state index contributed by atoms with van der Waals surface area (Å²) >= 11 is 6.11. The lowest BCUT2D eigenvalue weighted by Gasteiger charge is -2.26. The van der Waals surface area contributed by atoms with Crippen LogP contribution in [0, 0.1) is 6.92 Å². The molecule has 0 spiro atoms. The highest BCUT2D eigenvalue weighted by molar-refractivity contribution is 6.30. The highest BCUT2D eigenvalue weighted by atomic mass is 35.5. The van der Waals surface area contributed by atoms with Gasteiger partial charge < -0.3 is 10.1 Å². The quantitative estimate of drug-likeness (QED) is 0.853. The third kappa shape index (κ3) is 2.33. The van der Waals surface area contributed by atoms with Crippen molar-refractivity contribution in [2.75, 3.05) is 13.7 Å². The van der Waals surface area contributed by atoms with E-state index in [-0.39, 0.29) is 0 Å². The molecule has 0 radical (unpaired) electrons. The molecule has 0 saturated carbocycles. The minimum Gasteiger partial charge on any atom is -0.496 e. The van der Waals surface area contributed by atoms with Gasteiger partial charge in [-0.2, -0.15) is 0 Å². The van der Waals surface area contributed by atoms with E-state index in [4.69, 9.17) is 16.3 Å². The van der Waals surface area contributed by atoms with E-state index in [1.165, 1.54) is 30.4 Å². The maximum Gasteiger partial charge on any atom is 0.123 e. The van der Waals surface area contributed by atoms with Crippen LogP contribution in [-0.4, -0.2) is 13.7 Å². The molecule has 1 atom stereocenters. The number of piperidine rings is 1. The van der Waals surface area contributed by atoms with Gasteiger partial charge in [-0.05, 0) is 49.6 Å². The van der Waals surface area contributed by atoms with Crippen LogP contribution < -0.4 is 10.1 Å². The molecule has 1 saturated heterocycles. The molecule has 16 heavy (non-hydrogen) atoms. The Labute approximate surface area is 102 Å². The first-order valence-corrected chi connectivity index (χ1v) is 6.17. The van der Waals surface area contributed by atoms with Crippen LogP contribution in [-0.2, 0) is 0 Å². The number of hydrogen-bond donors (Lipinski definition) is 1. The SMILES string of the molecule is COc1cc(Cl)cc(C2CCCCN2)c1C. The summed E-state index contributed by atoms with van der Waals surface area (Å²) in [5.74, 6) is 0.884. The summed E-state index contributed by atoms with van der Waals surface area (Å²) in [6.45, 7) is 3.19. The number of halogens is 1. The average molecular weight is 240 g/mol. The first kappa shape index (κ1) is 11.7. The van der Waals surface area contributed by atoms with E-state index in [9.17, 15) is 0 Å². The van der Waals surface area contributed by atoms with Crippen molar-refractivity contribution in [3.63, 3.8) is 0 Å². The topological polar surface area (TPSA) is 21.3 Å². The van der Waals surface area contributed by atoms with E-state index in [1.54, 1.807) is 7.11 Å². The largest absolute Gasteiger partial charge is 0.496 e. The molecule has 3 heteroatoms. The van der Waals surface area contributed by atoms with Crippen molar-refractivity contribution in [2.24, 2.45) is 0 Å². The molecule has 88 valence electrons. The maximum atomic E-state index is 6.11. The van der Waals surface area contributed by atoms with Gasteiger partial charge in [0, 0.05) is 11.1 Å². The lowest BCUT2D eigenvalue weighted by Crippen LogP contribution is -2.27. The second kappa shape index (κ2) is 5.07. The Kier molecular flexibility index (Phi) is 3.72. The van der Waals surface area contributed by atoms with E-state index >= 15 is 0 Å². The van der Waals surface area contributed by atoms with Crippen LogP contribution in [0.25, 0.3) is 0 Å². The highest BCUT2D eigenvalue weighted by Crippen LogP contribution is 2.33. The molecular weight excluding hydrogens is 222 g/mol. The molecule has 0 bridgehead atoms. The molecule has 0 amide bonds. The lowest BCUT2D eigenvalue weighted by molar-refractivity contribution is 0.396. The molecule has 1 aliphatic rings. The Balaban J connectivity index is 2.34. The smallest absolute Gasteiger partial charge is 0.123 e. The van der Waals surface area contributed by atoms with E-state index in [0.717, 1.165) is 17.3 Å². The minimum absolute atomic E-state index is 0.432. The van der Waals surface area contributed by atoms with Gasteiger partial charge in [0.05, 0.1) is 7.11 Å². The fraction of sp³-hybridized carbons (Fsp3) is 0.538. The van der Waals surface area contributed by atoms with Crippen LogP contribution >= 0.6 is 11.6 Å². The fourth-order valence-electron chi connectivity index (χ4n) is 2.37. The monoisotopic (exact) mass is 239 g/mol. The normalized spacial score (nSPS) is 20.8. The zero-order chi connectivity index (χ0) is 11.5. The predicted molar refractivity (Wildman–Crippen MR) is 67.3 cm³/mol. The van der Waals surface area contributed by atoms with Gasteiger partial charge in [-0.25, -0.2) is 0 Å². The second-order valence-electron chi connectivity index (χ2n) is 4.32. The summed E-state index contributed by atoms with van der Waals surface area (Å²) in [7, 11) is 1.69. The summed E-state index contributed by atoms with van der Waals surface area (Å²) in [5.41, 5.74) is 2.48. The van der Waals surface area contributed by atoms with Gasteiger partial charge in [0.1, 0.15) is 5.75 Å². The van der Waals surface area contributed by atoms with Crippen molar-refractivity contribution in [1.29, 1.82) is 0 Å². The zero-order valence-corrected chi connectivity index (χ0v) is 10.6. The first-order valence-electron chi connectivity index (χ1n) is 5.80. The Bertz CT molecular complexity index is 372. The molecule has 1 fully saturated rings. The van der Waals surface area contributed by atoms with Crippen molar-refractivity contribution in [2.45, 2.75) is 32.2 Å². The molecule has 0 aliphatic carbocycles. The summed E-state index contributed by atoms with van der Waals surface area (Å²) in [5, 5.41) is 4.30. The Hall–Kier alpha value is -0.730. The van der Waals surface area contributed by atoms with Crippen LogP contribution in [0.2, 0.25) is 5.02 Å². The number of ether oxygens (including phenoxy) is 1. The van der Waals surface area contributed by atoms with Gasteiger partial charge in [-0.1, -0.05) is 18.0 Å². The highest BCUT2D eigenvalue weighted by Gasteiger charge is 2.18. The lowest BCUT2D eigenvalue weighted by atomic mass is 9.94. The predicted octanol–water partition coefficient (Wildman–Crippen LogP) is 3.47. The standard InChI is InChI=1S/C13H18ClNO/c1-9-11(12-5-3-4-6-15-12)7-10(14)8-13(9)16-2/h7-8,12,15H,3-6H2,1-2H3. The molecule has 1 heterocycles. The van der Waals surface area contributed by atoms with E-state index in [1.807, 2.05) is 6.07 Å². The van der Waals surface area contributed by atoms with E-state index in [2.05, 4.69) is 18.3 Å². The second-order valence-corrected chi connectivity index (χ2v) is 4.76. The van der Waals surface area contributed by atoms with Gasteiger partial charge in [-0.15, -0.1) is 0 Å². The number of benzene rings is 1. The molecule has 0 aromatic heterocycles. The molecule has 1 aromatic rings. The van der Waals surface area contributed by atoms with Crippen LogP contribution in [0.15, 0.2) is 12.1 Å². The van der Waals surface area contributed by atoms with Gasteiger partial charge in [-0.3, -0.25) is 0 Å².